The average molecular weight is 412 g/mol. The predicted octanol–water partition coefficient (Wildman–Crippen LogP) is 2.73. The molecule has 0 spiro atoms. The molecule has 1 fully saturated rings. The van der Waals surface area contributed by atoms with Gasteiger partial charge in [-0.2, -0.15) is 0 Å². The van der Waals surface area contributed by atoms with Crippen LogP contribution in [0, 0.1) is 0 Å². The Bertz CT molecular complexity index is 1000. The first kappa shape index (κ1) is 19.3. The van der Waals surface area contributed by atoms with Gasteiger partial charge in [0.2, 0.25) is 0 Å². The molecule has 3 amide bonds. The standard InChI is InChI=1S/C21H25N5O2S/c1-23(2)21(28)25-11-9-24(10-12-25)19-8-7-17-6-5-16(15-26(17)19)20(27)22-14-18-4-3-13-29-18/h3-8,13,15H,9-12,14H2,1-2H3,(H,22,27). The second kappa shape index (κ2) is 8.16. The van der Waals surface area contributed by atoms with Gasteiger partial charge in [-0.1, -0.05) is 6.07 Å². The zero-order valence-electron chi connectivity index (χ0n) is 16.7. The van der Waals surface area contributed by atoms with Gasteiger partial charge in [-0.3, -0.25) is 4.79 Å². The first-order chi connectivity index (χ1) is 14.0. The van der Waals surface area contributed by atoms with Crippen LogP contribution in [0.5, 0.6) is 0 Å². The summed E-state index contributed by atoms with van der Waals surface area (Å²) in [7, 11) is 3.56. The molecule has 4 heterocycles. The Balaban J connectivity index is 1.47. The molecule has 0 radical (unpaired) electrons. The summed E-state index contributed by atoms with van der Waals surface area (Å²) >= 11 is 1.63. The number of thiophene rings is 1. The highest BCUT2D eigenvalue weighted by Gasteiger charge is 2.23. The largest absolute Gasteiger partial charge is 0.354 e. The van der Waals surface area contributed by atoms with Gasteiger partial charge in [-0.25, -0.2) is 4.79 Å². The molecule has 3 aromatic heterocycles. The maximum Gasteiger partial charge on any atom is 0.319 e. The van der Waals surface area contributed by atoms with E-state index in [4.69, 9.17) is 0 Å². The van der Waals surface area contributed by atoms with Gasteiger partial charge in [0.1, 0.15) is 5.82 Å². The summed E-state index contributed by atoms with van der Waals surface area (Å²) in [6.07, 6.45) is 1.89. The summed E-state index contributed by atoms with van der Waals surface area (Å²) in [5, 5.41) is 4.99. The lowest BCUT2D eigenvalue weighted by molar-refractivity contribution is 0.0951. The normalized spacial score (nSPS) is 14.3. The zero-order valence-corrected chi connectivity index (χ0v) is 17.5. The van der Waals surface area contributed by atoms with E-state index in [1.165, 1.54) is 0 Å². The quantitative estimate of drug-likeness (QED) is 0.718. The van der Waals surface area contributed by atoms with Crippen molar-refractivity contribution in [1.29, 1.82) is 0 Å². The van der Waals surface area contributed by atoms with Gasteiger partial charge in [-0.05, 0) is 35.7 Å². The summed E-state index contributed by atoms with van der Waals surface area (Å²) < 4.78 is 2.06. The van der Waals surface area contributed by atoms with E-state index in [0.29, 0.717) is 25.2 Å². The molecule has 152 valence electrons. The first-order valence-corrected chi connectivity index (χ1v) is 10.5. The van der Waals surface area contributed by atoms with Crippen molar-refractivity contribution in [2.24, 2.45) is 0 Å². The zero-order chi connectivity index (χ0) is 20.4. The minimum atomic E-state index is -0.0821. The van der Waals surface area contributed by atoms with Crippen LogP contribution in [-0.4, -0.2) is 66.4 Å². The van der Waals surface area contributed by atoms with Gasteiger partial charge >= 0.3 is 6.03 Å². The maximum absolute atomic E-state index is 12.6. The van der Waals surface area contributed by atoms with Crippen molar-refractivity contribution >= 4 is 34.6 Å². The number of nitrogens with zero attached hydrogens (tertiary/aromatic N) is 4. The Morgan fingerprint density at radius 3 is 2.52 bits per heavy atom. The molecule has 0 bridgehead atoms. The van der Waals surface area contributed by atoms with E-state index in [1.807, 2.05) is 40.7 Å². The highest BCUT2D eigenvalue weighted by Crippen LogP contribution is 2.22. The molecule has 0 aromatic carbocycles. The fourth-order valence-corrected chi connectivity index (χ4v) is 4.22. The van der Waals surface area contributed by atoms with E-state index in [2.05, 4.69) is 26.8 Å². The molecule has 4 rings (SSSR count). The predicted molar refractivity (Wildman–Crippen MR) is 116 cm³/mol. The third-order valence-corrected chi connectivity index (χ3v) is 6.03. The molecule has 1 aliphatic heterocycles. The lowest BCUT2D eigenvalue weighted by atomic mass is 10.2. The molecule has 0 atom stereocenters. The monoisotopic (exact) mass is 411 g/mol. The second-order valence-electron chi connectivity index (χ2n) is 7.32. The van der Waals surface area contributed by atoms with E-state index >= 15 is 0 Å². The van der Waals surface area contributed by atoms with Crippen molar-refractivity contribution in [3.05, 3.63) is 58.4 Å². The van der Waals surface area contributed by atoms with Crippen LogP contribution in [0.4, 0.5) is 10.6 Å². The second-order valence-corrected chi connectivity index (χ2v) is 8.35. The molecule has 1 saturated heterocycles. The number of piperazine rings is 1. The third kappa shape index (κ3) is 4.07. The summed E-state index contributed by atoms with van der Waals surface area (Å²) in [4.78, 5) is 31.6. The number of nitrogens with one attached hydrogen (secondary N) is 1. The van der Waals surface area contributed by atoms with Gasteiger partial charge in [0.15, 0.2) is 0 Å². The topological polar surface area (TPSA) is 60.3 Å². The van der Waals surface area contributed by atoms with Crippen LogP contribution in [0.15, 0.2) is 48.0 Å². The summed E-state index contributed by atoms with van der Waals surface area (Å²) in [6.45, 7) is 3.44. The van der Waals surface area contributed by atoms with Crippen LogP contribution in [0.2, 0.25) is 0 Å². The van der Waals surface area contributed by atoms with Gasteiger partial charge in [0, 0.05) is 56.9 Å². The molecule has 1 aliphatic rings. The number of pyridine rings is 1. The molecular weight excluding hydrogens is 386 g/mol. The van der Waals surface area contributed by atoms with Crippen LogP contribution in [-0.2, 0) is 6.54 Å². The summed E-state index contributed by atoms with van der Waals surface area (Å²) in [5.41, 5.74) is 1.68. The van der Waals surface area contributed by atoms with E-state index in [0.717, 1.165) is 29.3 Å². The van der Waals surface area contributed by atoms with Crippen LogP contribution in [0.3, 0.4) is 0 Å². The molecule has 0 aliphatic carbocycles. The van der Waals surface area contributed by atoms with Crippen molar-refractivity contribution < 1.29 is 9.59 Å². The smallest absolute Gasteiger partial charge is 0.319 e. The Labute approximate surface area is 174 Å². The number of aromatic nitrogens is 1. The van der Waals surface area contributed by atoms with Crippen molar-refractivity contribution in [3.8, 4) is 0 Å². The van der Waals surface area contributed by atoms with E-state index in [-0.39, 0.29) is 11.9 Å². The van der Waals surface area contributed by atoms with E-state index in [9.17, 15) is 9.59 Å². The van der Waals surface area contributed by atoms with Crippen molar-refractivity contribution in [2.45, 2.75) is 6.54 Å². The van der Waals surface area contributed by atoms with Gasteiger partial charge in [-0.15, -0.1) is 11.3 Å². The average Bonchev–Trinajstić information content (AvgIpc) is 3.40. The van der Waals surface area contributed by atoms with Crippen LogP contribution in [0.25, 0.3) is 5.52 Å². The molecule has 0 unspecified atom stereocenters. The number of carbonyl (C=O) groups excluding carboxylic acids is 2. The third-order valence-electron chi connectivity index (χ3n) is 5.15. The number of amides is 3. The lowest BCUT2D eigenvalue weighted by Gasteiger charge is -2.36. The number of carbonyl (C=O) groups is 2. The Morgan fingerprint density at radius 2 is 1.83 bits per heavy atom. The Kier molecular flexibility index (Phi) is 5.44. The van der Waals surface area contributed by atoms with E-state index < -0.39 is 0 Å². The highest BCUT2D eigenvalue weighted by atomic mass is 32.1. The number of hydrogen-bond donors (Lipinski definition) is 1. The van der Waals surface area contributed by atoms with Crippen molar-refractivity contribution in [2.75, 3.05) is 45.2 Å². The Hall–Kier alpha value is -3.00. The first-order valence-electron chi connectivity index (χ1n) is 9.66. The number of anilines is 1. The minimum absolute atomic E-state index is 0.0503. The van der Waals surface area contributed by atoms with Gasteiger partial charge in [0.05, 0.1) is 12.1 Å². The van der Waals surface area contributed by atoms with Gasteiger partial charge in [0.25, 0.3) is 5.91 Å². The lowest BCUT2D eigenvalue weighted by Crippen LogP contribution is -2.51. The van der Waals surface area contributed by atoms with E-state index in [1.54, 1.807) is 30.3 Å². The molecule has 0 saturated carbocycles. The number of hydrogen-bond acceptors (Lipinski definition) is 4. The molecule has 8 heteroatoms. The molecule has 29 heavy (non-hydrogen) atoms. The summed E-state index contributed by atoms with van der Waals surface area (Å²) in [5.74, 6) is 0.964. The van der Waals surface area contributed by atoms with Crippen LogP contribution in [0.1, 0.15) is 15.2 Å². The fraction of sp³-hybridized carbons (Fsp3) is 0.333. The molecule has 7 nitrogen and oxygen atoms in total. The van der Waals surface area contributed by atoms with Crippen molar-refractivity contribution in [3.63, 3.8) is 0 Å². The van der Waals surface area contributed by atoms with Crippen LogP contribution < -0.4 is 10.2 Å². The molecule has 1 N–H and O–H groups in total. The molecule has 3 aromatic rings. The fourth-order valence-electron chi connectivity index (χ4n) is 3.57. The van der Waals surface area contributed by atoms with Gasteiger partial charge < -0.3 is 24.4 Å². The number of urea groups is 1. The SMILES string of the molecule is CN(C)C(=O)N1CCN(c2ccc3ccc(C(=O)NCc4cccs4)cn23)CC1. The van der Waals surface area contributed by atoms with Crippen molar-refractivity contribution in [1.82, 2.24) is 19.5 Å². The summed E-state index contributed by atoms with van der Waals surface area (Å²) in [6, 6.07) is 12.0. The Morgan fingerprint density at radius 1 is 1.07 bits per heavy atom. The highest BCUT2D eigenvalue weighted by molar-refractivity contribution is 7.09. The van der Waals surface area contributed by atoms with Crippen LogP contribution >= 0.6 is 11.3 Å². The number of rotatable bonds is 4. The maximum atomic E-state index is 12.6. The number of fused-ring (bicyclic) bond motifs is 1. The molecular formula is C21H25N5O2S. The minimum Gasteiger partial charge on any atom is -0.354 e.